The Hall–Kier alpha value is -2.82. The molecular formula is C27H32N2O6Si. The van der Waals surface area contributed by atoms with E-state index in [9.17, 15) is 15.0 Å². The minimum atomic E-state index is -2.96. The molecule has 3 aromatic rings. The highest BCUT2D eigenvalue weighted by molar-refractivity contribution is 6.99. The molecular weight excluding hydrogens is 476 g/mol. The molecule has 2 aliphatic rings. The van der Waals surface area contributed by atoms with Gasteiger partial charge >= 0.3 is 6.01 Å². The minimum absolute atomic E-state index is 0.0571. The normalized spacial score (nSPS) is 26.2. The zero-order valence-electron chi connectivity index (χ0n) is 20.9. The Morgan fingerprint density at radius 1 is 1.08 bits per heavy atom. The van der Waals surface area contributed by atoms with Crippen LogP contribution >= 0.6 is 0 Å². The summed E-state index contributed by atoms with van der Waals surface area (Å²) in [6, 6.07) is 21.7. The fourth-order valence-electron chi connectivity index (χ4n) is 5.50. The number of ether oxygens (including phenoxy) is 2. The molecule has 0 spiro atoms. The van der Waals surface area contributed by atoms with Crippen LogP contribution in [0, 0.1) is 0 Å². The first-order valence-corrected chi connectivity index (χ1v) is 14.1. The van der Waals surface area contributed by atoms with Crippen LogP contribution in [0.25, 0.3) is 0 Å². The largest absolute Gasteiger partial charge is 0.453 e. The van der Waals surface area contributed by atoms with Crippen molar-refractivity contribution in [2.45, 2.75) is 62.9 Å². The van der Waals surface area contributed by atoms with Gasteiger partial charge in [0.25, 0.3) is 13.9 Å². The van der Waals surface area contributed by atoms with Gasteiger partial charge in [-0.15, -0.1) is 0 Å². The topological polar surface area (TPSA) is 103 Å². The molecule has 0 amide bonds. The van der Waals surface area contributed by atoms with Crippen LogP contribution in [0.3, 0.4) is 0 Å². The first-order chi connectivity index (χ1) is 17.1. The number of benzene rings is 2. The summed E-state index contributed by atoms with van der Waals surface area (Å²) in [5.41, 5.74) is -1.89. The van der Waals surface area contributed by atoms with E-state index < -0.39 is 44.0 Å². The minimum Gasteiger partial charge on any atom is -0.453 e. The molecule has 0 saturated carbocycles. The van der Waals surface area contributed by atoms with Crippen molar-refractivity contribution in [3.05, 3.63) is 83.3 Å². The summed E-state index contributed by atoms with van der Waals surface area (Å²) in [5, 5.41) is 24.3. The summed E-state index contributed by atoms with van der Waals surface area (Å²) in [5.74, 6) is 0. The molecule has 0 bridgehead atoms. The van der Waals surface area contributed by atoms with Crippen LogP contribution in [0.15, 0.2) is 77.7 Å². The Bertz CT molecular complexity index is 1240. The van der Waals surface area contributed by atoms with Crippen LogP contribution in [-0.4, -0.2) is 58.6 Å². The molecule has 36 heavy (non-hydrogen) atoms. The lowest BCUT2D eigenvalue weighted by Gasteiger charge is -2.46. The van der Waals surface area contributed by atoms with E-state index in [4.69, 9.17) is 13.9 Å². The van der Waals surface area contributed by atoms with Gasteiger partial charge in [-0.05, 0) is 22.3 Å². The van der Waals surface area contributed by atoms with Gasteiger partial charge in [-0.2, -0.15) is 4.98 Å². The summed E-state index contributed by atoms with van der Waals surface area (Å²) in [6.45, 7) is 8.02. The fraction of sp³-hybridized carbons (Fsp3) is 0.407. The van der Waals surface area contributed by atoms with Crippen LogP contribution in [0.2, 0.25) is 5.04 Å². The van der Waals surface area contributed by atoms with Crippen molar-refractivity contribution in [2.24, 2.45) is 0 Å². The molecule has 0 radical (unpaired) electrons. The van der Waals surface area contributed by atoms with Gasteiger partial charge in [-0.1, -0.05) is 81.4 Å². The average molecular weight is 509 g/mol. The van der Waals surface area contributed by atoms with E-state index in [1.165, 1.54) is 12.3 Å². The van der Waals surface area contributed by atoms with Crippen molar-refractivity contribution < 1.29 is 24.1 Å². The van der Waals surface area contributed by atoms with E-state index in [2.05, 4.69) is 50.0 Å². The highest BCUT2D eigenvalue weighted by Gasteiger charge is 2.63. The maximum atomic E-state index is 11.7. The van der Waals surface area contributed by atoms with E-state index in [0.717, 1.165) is 10.4 Å². The lowest BCUT2D eigenvalue weighted by Crippen LogP contribution is -2.69. The third-order valence-corrected chi connectivity index (χ3v) is 12.4. The fourth-order valence-corrected chi connectivity index (χ4v) is 10.1. The summed E-state index contributed by atoms with van der Waals surface area (Å²) in [4.78, 5) is 15.5. The van der Waals surface area contributed by atoms with E-state index in [-0.39, 0.29) is 17.7 Å². The van der Waals surface area contributed by atoms with Gasteiger partial charge in [-0.25, -0.2) is 0 Å². The first-order valence-electron chi connectivity index (χ1n) is 12.1. The molecule has 1 saturated heterocycles. The van der Waals surface area contributed by atoms with E-state index >= 15 is 0 Å². The van der Waals surface area contributed by atoms with Crippen LogP contribution in [0.1, 0.15) is 33.9 Å². The number of hydrogen-bond donors (Lipinski definition) is 2. The zero-order chi connectivity index (χ0) is 25.7. The number of rotatable bonds is 6. The van der Waals surface area contributed by atoms with Crippen molar-refractivity contribution in [2.75, 3.05) is 6.61 Å². The monoisotopic (exact) mass is 508 g/mol. The Balaban J connectivity index is 1.57. The molecule has 5 atom stereocenters. The number of nitrogens with zero attached hydrogens (tertiary/aromatic N) is 2. The van der Waals surface area contributed by atoms with Crippen LogP contribution in [0.5, 0.6) is 6.01 Å². The third-order valence-electron chi connectivity index (χ3n) is 7.39. The number of aromatic nitrogens is 2. The van der Waals surface area contributed by atoms with Gasteiger partial charge in [-0.3, -0.25) is 9.36 Å². The van der Waals surface area contributed by atoms with E-state index in [1.807, 2.05) is 36.4 Å². The second-order valence-electron chi connectivity index (χ2n) is 10.6. The Morgan fingerprint density at radius 3 is 2.19 bits per heavy atom. The van der Waals surface area contributed by atoms with Gasteiger partial charge in [0, 0.05) is 12.3 Å². The molecule has 1 fully saturated rings. The molecule has 1 unspecified atom stereocenters. The number of aliphatic hydroxyl groups excluding tert-OH is 2. The second-order valence-corrected chi connectivity index (χ2v) is 14.9. The molecule has 8 nitrogen and oxygen atoms in total. The first kappa shape index (κ1) is 24.9. The van der Waals surface area contributed by atoms with E-state index in [1.54, 1.807) is 11.5 Å². The summed E-state index contributed by atoms with van der Waals surface area (Å²) >= 11 is 0. The number of aliphatic hydroxyl groups is 2. The van der Waals surface area contributed by atoms with Gasteiger partial charge in [0.2, 0.25) is 0 Å². The number of hydrogen-bond acceptors (Lipinski definition) is 7. The standard InChI is InChI=1S/C27H32N2O6Si/c1-18(30)27(23(32)22-24(35-27)29-16-15-21(31)28-25(29)34-22)17-33-36(26(2,3)4,19-11-7-5-8-12-19)20-13-9-6-10-14-20/h5-16,18,22-24,30,32H,17H2,1-4H3/t18?,22-,23-,24+,27-/m0/s1. The predicted molar refractivity (Wildman–Crippen MR) is 137 cm³/mol. The Morgan fingerprint density at radius 2 is 1.67 bits per heavy atom. The van der Waals surface area contributed by atoms with Crippen molar-refractivity contribution in [3.8, 4) is 6.01 Å². The zero-order valence-corrected chi connectivity index (χ0v) is 21.9. The van der Waals surface area contributed by atoms with Crippen LogP contribution in [-0.2, 0) is 9.16 Å². The molecule has 2 aliphatic heterocycles. The summed E-state index contributed by atoms with van der Waals surface area (Å²) < 4.78 is 20.8. The van der Waals surface area contributed by atoms with E-state index in [0.29, 0.717) is 0 Å². The molecule has 0 aliphatic carbocycles. The molecule has 9 heteroatoms. The maximum absolute atomic E-state index is 11.7. The molecule has 5 rings (SSSR count). The van der Waals surface area contributed by atoms with Crippen molar-refractivity contribution in [1.29, 1.82) is 0 Å². The summed E-state index contributed by atoms with van der Waals surface area (Å²) in [7, 11) is -2.96. The van der Waals surface area contributed by atoms with Crippen molar-refractivity contribution in [1.82, 2.24) is 9.55 Å². The smallest absolute Gasteiger partial charge is 0.302 e. The molecule has 3 heterocycles. The SMILES string of the molecule is CC(O)[C@]1(CO[Si](c2ccccc2)(c2ccccc2)C(C)(C)C)O[C@@H]2[C@@H](Oc3nc(=O)ccn32)[C@@H]1O. The van der Waals surface area contributed by atoms with Gasteiger partial charge in [0.15, 0.2) is 12.3 Å². The Labute approximate surface area is 211 Å². The lowest BCUT2D eigenvalue weighted by atomic mass is 9.91. The predicted octanol–water partition coefficient (Wildman–Crippen LogP) is 1.59. The maximum Gasteiger partial charge on any atom is 0.302 e. The second kappa shape index (κ2) is 8.93. The third kappa shape index (κ3) is 3.74. The molecule has 2 aromatic carbocycles. The van der Waals surface area contributed by atoms with Gasteiger partial charge in [0.05, 0.1) is 12.7 Å². The average Bonchev–Trinajstić information content (AvgIpc) is 3.33. The molecule has 1 aromatic heterocycles. The van der Waals surface area contributed by atoms with Crippen molar-refractivity contribution in [3.63, 3.8) is 0 Å². The molecule has 190 valence electrons. The van der Waals surface area contributed by atoms with Crippen LogP contribution in [0.4, 0.5) is 0 Å². The highest BCUT2D eigenvalue weighted by atomic mass is 28.4. The quantitative estimate of drug-likeness (QED) is 0.488. The highest BCUT2D eigenvalue weighted by Crippen LogP contribution is 2.47. The van der Waals surface area contributed by atoms with Gasteiger partial charge < -0.3 is 24.1 Å². The van der Waals surface area contributed by atoms with Gasteiger partial charge in [0.1, 0.15) is 11.7 Å². The molecule has 2 N–H and O–H groups in total. The number of fused-ring (bicyclic) bond motifs is 3. The Kier molecular flexibility index (Phi) is 6.17. The van der Waals surface area contributed by atoms with Crippen LogP contribution < -0.4 is 20.7 Å². The van der Waals surface area contributed by atoms with Crippen molar-refractivity contribution >= 4 is 18.7 Å². The summed E-state index contributed by atoms with van der Waals surface area (Å²) in [6.07, 6.45) is -2.35. The lowest BCUT2D eigenvalue weighted by molar-refractivity contribution is -0.175.